The van der Waals surface area contributed by atoms with E-state index in [2.05, 4.69) is 5.10 Å². The van der Waals surface area contributed by atoms with E-state index >= 15 is 0 Å². The lowest BCUT2D eigenvalue weighted by molar-refractivity contribution is 0.145. The second-order valence-electron chi connectivity index (χ2n) is 3.65. The molecule has 90 valence electrons. The van der Waals surface area contributed by atoms with Gasteiger partial charge in [-0.05, 0) is 30.7 Å². The summed E-state index contributed by atoms with van der Waals surface area (Å²) >= 11 is 5.76. The van der Waals surface area contributed by atoms with Gasteiger partial charge in [-0.1, -0.05) is 11.6 Å². The smallest absolute Gasteiger partial charge is 0.282 e. The molecule has 17 heavy (non-hydrogen) atoms. The maximum Gasteiger partial charge on any atom is 0.282 e. The molecule has 0 bridgehead atoms. The lowest BCUT2D eigenvalue weighted by atomic mass is 10.2. The van der Waals surface area contributed by atoms with Crippen LogP contribution in [0, 0.1) is 6.92 Å². The van der Waals surface area contributed by atoms with Crippen LogP contribution < -0.4 is 5.73 Å². The Labute approximate surface area is 102 Å². The largest absolute Gasteiger partial charge is 0.397 e. The fraction of sp³-hybridized carbons (Fsp3) is 0.182. The normalized spacial score (nSPS) is 11.1. The second-order valence-corrected chi connectivity index (χ2v) is 4.08. The Kier molecular flexibility index (Phi) is 3.02. The minimum Gasteiger partial charge on any atom is -0.397 e. The number of benzene rings is 1. The number of hydrogen-bond acceptors (Lipinski definition) is 2. The first kappa shape index (κ1) is 11.9. The monoisotopic (exact) mass is 257 g/mol. The Balaban J connectivity index is 2.50. The molecule has 3 nitrogen and oxygen atoms in total. The number of alkyl halides is 2. The number of nitrogen functional groups attached to an aromatic ring is 1. The molecule has 2 aromatic rings. The predicted octanol–water partition coefficient (Wildman–Crippen LogP) is 3.35. The van der Waals surface area contributed by atoms with Crippen LogP contribution in [-0.4, -0.2) is 9.78 Å². The van der Waals surface area contributed by atoms with Crippen LogP contribution in [0.1, 0.15) is 17.7 Å². The number of nitrogens with zero attached hydrogens (tertiary/aromatic N) is 2. The van der Waals surface area contributed by atoms with Crippen molar-refractivity contribution < 1.29 is 8.78 Å². The highest BCUT2D eigenvalue weighted by atomic mass is 35.5. The molecule has 0 fully saturated rings. The number of rotatable bonds is 2. The molecule has 1 aromatic heterocycles. The Bertz CT molecular complexity index is 552. The molecule has 1 heterocycles. The van der Waals surface area contributed by atoms with E-state index in [4.69, 9.17) is 17.3 Å². The van der Waals surface area contributed by atoms with Crippen LogP contribution in [0.15, 0.2) is 24.4 Å². The zero-order valence-corrected chi connectivity index (χ0v) is 9.75. The molecule has 1 aromatic carbocycles. The number of aromatic nitrogens is 2. The number of nitrogens with two attached hydrogens (primary N) is 1. The van der Waals surface area contributed by atoms with Crippen LogP contribution in [0.5, 0.6) is 0 Å². The number of hydrogen-bond donors (Lipinski definition) is 1. The highest BCUT2D eigenvalue weighted by Crippen LogP contribution is 2.25. The van der Waals surface area contributed by atoms with E-state index in [-0.39, 0.29) is 5.69 Å². The van der Waals surface area contributed by atoms with Gasteiger partial charge in [0.05, 0.1) is 11.4 Å². The summed E-state index contributed by atoms with van der Waals surface area (Å²) in [5, 5.41) is 4.30. The Hall–Kier alpha value is -1.62. The van der Waals surface area contributed by atoms with E-state index in [1.165, 1.54) is 10.9 Å². The Morgan fingerprint density at radius 2 is 2.12 bits per heavy atom. The topological polar surface area (TPSA) is 43.8 Å². The lowest BCUT2D eigenvalue weighted by Crippen LogP contribution is -2.01. The lowest BCUT2D eigenvalue weighted by Gasteiger charge is -2.05. The van der Waals surface area contributed by atoms with Crippen LogP contribution >= 0.6 is 11.6 Å². The van der Waals surface area contributed by atoms with Crippen molar-refractivity contribution in [3.05, 3.63) is 40.7 Å². The van der Waals surface area contributed by atoms with Gasteiger partial charge in [0.25, 0.3) is 6.43 Å². The van der Waals surface area contributed by atoms with Gasteiger partial charge in [-0.2, -0.15) is 5.10 Å². The standard InChI is InChI=1S/C11H10ClF2N3/c1-6-5-17(16-10(6)11(13)14)9-3-2-7(12)4-8(9)15/h2-5,11H,15H2,1H3. The minimum absolute atomic E-state index is 0.237. The summed E-state index contributed by atoms with van der Waals surface area (Å²) < 4.78 is 26.5. The fourth-order valence-corrected chi connectivity index (χ4v) is 1.73. The number of halogens is 3. The van der Waals surface area contributed by atoms with Crippen molar-refractivity contribution in [3.63, 3.8) is 0 Å². The molecule has 0 aliphatic carbocycles. The van der Waals surface area contributed by atoms with Gasteiger partial charge < -0.3 is 5.73 Å². The van der Waals surface area contributed by atoms with Gasteiger partial charge in [0.2, 0.25) is 0 Å². The molecule has 0 radical (unpaired) electrons. The first-order valence-corrected chi connectivity index (χ1v) is 5.26. The van der Waals surface area contributed by atoms with Crippen molar-refractivity contribution in [2.45, 2.75) is 13.3 Å². The molecule has 0 saturated heterocycles. The number of aryl methyl sites for hydroxylation is 1. The SMILES string of the molecule is Cc1cn(-c2ccc(Cl)cc2N)nc1C(F)F. The zero-order valence-electron chi connectivity index (χ0n) is 8.99. The van der Waals surface area contributed by atoms with Crippen molar-refractivity contribution in [1.29, 1.82) is 0 Å². The Morgan fingerprint density at radius 3 is 2.65 bits per heavy atom. The summed E-state index contributed by atoms with van der Waals surface area (Å²) in [4.78, 5) is 0. The molecule has 0 saturated carbocycles. The second kappa shape index (κ2) is 4.33. The molecule has 2 rings (SSSR count). The van der Waals surface area contributed by atoms with E-state index in [0.717, 1.165) is 0 Å². The van der Waals surface area contributed by atoms with Crippen LogP contribution in [-0.2, 0) is 0 Å². The molecule has 0 aliphatic rings. The summed E-state index contributed by atoms with van der Waals surface area (Å²) in [7, 11) is 0. The van der Waals surface area contributed by atoms with Crippen molar-refractivity contribution in [3.8, 4) is 5.69 Å². The van der Waals surface area contributed by atoms with E-state index in [9.17, 15) is 8.78 Å². The predicted molar refractivity (Wildman–Crippen MR) is 62.7 cm³/mol. The molecule has 2 N–H and O–H groups in total. The van der Waals surface area contributed by atoms with E-state index < -0.39 is 6.43 Å². The summed E-state index contributed by atoms with van der Waals surface area (Å²) in [5.74, 6) is 0. The van der Waals surface area contributed by atoms with Crippen LogP contribution in [0.2, 0.25) is 5.02 Å². The maximum atomic E-state index is 12.6. The molecular formula is C11H10ClF2N3. The fourth-order valence-electron chi connectivity index (χ4n) is 1.55. The number of anilines is 1. The van der Waals surface area contributed by atoms with E-state index in [1.807, 2.05) is 0 Å². The Morgan fingerprint density at radius 1 is 1.41 bits per heavy atom. The van der Waals surface area contributed by atoms with Crippen molar-refractivity contribution in [1.82, 2.24) is 9.78 Å². The average molecular weight is 258 g/mol. The summed E-state index contributed by atoms with van der Waals surface area (Å²) in [6.45, 7) is 1.58. The summed E-state index contributed by atoms with van der Waals surface area (Å²) in [6.07, 6.45) is -1.08. The molecule has 0 atom stereocenters. The molecule has 0 unspecified atom stereocenters. The molecule has 0 spiro atoms. The van der Waals surface area contributed by atoms with Gasteiger partial charge >= 0.3 is 0 Å². The molecule has 0 amide bonds. The van der Waals surface area contributed by atoms with Crippen LogP contribution in [0.3, 0.4) is 0 Å². The first-order valence-electron chi connectivity index (χ1n) is 4.88. The summed E-state index contributed by atoms with van der Waals surface area (Å²) in [6, 6.07) is 4.82. The molecule has 6 heteroatoms. The van der Waals surface area contributed by atoms with Gasteiger partial charge in [0.1, 0.15) is 5.69 Å². The zero-order chi connectivity index (χ0) is 12.6. The molecule has 0 aliphatic heterocycles. The van der Waals surface area contributed by atoms with Crippen LogP contribution in [0.25, 0.3) is 5.69 Å². The van der Waals surface area contributed by atoms with Gasteiger partial charge in [-0.3, -0.25) is 0 Å². The van der Waals surface area contributed by atoms with Crippen molar-refractivity contribution in [2.24, 2.45) is 0 Å². The third-order valence-corrected chi connectivity index (χ3v) is 2.61. The van der Waals surface area contributed by atoms with E-state index in [1.54, 1.807) is 25.1 Å². The van der Waals surface area contributed by atoms with Crippen molar-refractivity contribution in [2.75, 3.05) is 5.73 Å². The highest BCUT2D eigenvalue weighted by molar-refractivity contribution is 6.30. The van der Waals surface area contributed by atoms with Crippen molar-refractivity contribution >= 4 is 17.3 Å². The minimum atomic E-state index is -2.59. The van der Waals surface area contributed by atoms with Gasteiger partial charge in [-0.25, -0.2) is 13.5 Å². The van der Waals surface area contributed by atoms with Crippen LogP contribution in [0.4, 0.5) is 14.5 Å². The van der Waals surface area contributed by atoms with Gasteiger partial charge in [0.15, 0.2) is 0 Å². The highest BCUT2D eigenvalue weighted by Gasteiger charge is 2.16. The third-order valence-electron chi connectivity index (χ3n) is 2.38. The van der Waals surface area contributed by atoms with Gasteiger partial charge in [0, 0.05) is 11.2 Å². The third kappa shape index (κ3) is 2.24. The van der Waals surface area contributed by atoms with E-state index in [0.29, 0.717) is 22.0 Å². The maximum absolute atomic E-state index is 12.6. The molecular weight excluding hydrogens is 248 g/mol. The van der Waals surface area contributed by atoms with Gasteiger partial charge in [-0.15, -0.1) is 0 Å². The first-order chi connectivity index (χ1) is 7.99. The quantitative estimate of drug-likeness (QED) is 0.839. The average Bonchev–Trinajstić information content (AvgIpc) is 2.60. The summed E-state index contributed by atoms with van der Waals surface area (Å²) in [5.41, 5.74) is 6.87.